The first-order valence-electron chi connectivity index (χ1n) is 10.7. The van der Waals surface area contributed by atoms with Crippen LogP contribution >= 0.6 is 0 Å². The zero-order chi connectivity index (χ0) is 22.4. The first-order valence-corrected chi connectivity index (χ1v) is 10.7. The summed E-state index contributed by atoms with van der Waals surface area (Å²) < 4.78 is 4.45. The maximum absolute atomic E-state index is 4.56. The number of fused-ring (bicyclic) bond motifs is 4. The van der Waals surface area contributed by atoms with Gasteiger partial charge in [-0.05, 0) is 44.0 Å². The summed E-state index contributed by atoms with van der Waals surface area (Å²) in [6.45, 7) is 5.60. The topological polar surface area (TPSA) is 60.4 Å². The first kappa shape index (κ1) is 19.1. The van der Waals surface area contributed by atoms with Crippen molar-refractivity contribution in [3.8, 4) is 11.4 Å². The number of hydrogen-bond donors (Lipinski definition) is 0. The molecule has 0 aliphatic rings. The number of para-hydroxylation sites is 2. The van der Waals surface area contributed by atoms with Crippen LogP contribution in [0.15, 0.2) is 95.3 Å². The van der Waals surface area contributed by atoms with Crippen LogP contribution in [0.25, 0.3) is 44.2 Å². The van der Waals surface area contributed by atoms with E-state index in [1.807, 2.05) is 24.4 Å². The quantitative estimate of drug-likeness (QED) is 0.248. The highest BCUT2D eigenvalue weighted by Gasteiger charge is 2.17. The average Bonchev–Trinajstić information content (AvgIpc) is 3.34. The Morgan fingerprint density at radius 3 is 2.30 bits per heavy atom. The zero-order valence-corrected chi connectivity index (χ0v) is 18.1. The predicted molar refractivity (Wildman–Crippen MR) is 136 cm³/mol. The van der Waals surface area contributed by atoms with E-state index in [1.165, 1.54) is 6.34 Å². The van der Waals surface area contributed by atoms with E-state index in [0.717, 1.165) is 55.6 Å². The zero-order valence-electron chi connectivity index (χ0n) is 18.1. The van der Waals surface area contributed by atoms with Gasteiger partial charge in [-0.2, -0.15) is 0 Å². The van der Waals surface area contributed by atoms with Gasteiger partial charge in [-0.15, -0.1) is 0 Å². The van der Waals surface area contributed by atoms with Gasteiger partial charge < -0.3 is 9.13 Å². The van der Waals surface area contributed by atoms with Gasteiger partial charge in [0.1, 0.15) is 12.7 Å². The monoisotopic (exact) mass is 428 g/mol. The summed E-state index contributed by atoms with van der Waals surface area (Å²) in [7, 11) is 0. The highest BCUT2D eigenvalue weighted by atomic mass is 15.0. The molecule has 0 aliphatic carbocycles. The van der Waals surface area contributed by atoms with Gasteiger partial charge in [-0.1, -0.05) is 42.5 Å². The molecule has 0 saturated heterocycles. The highest BCUT2D eigenvalue weighted by molar-refractivity contribution is 6.06. The van der Waals surface area contributed by atoms with E-state index in [1.54, 1.807) is 6.33 Å². The van der Waals surface area contributed by atoms with Crippen molar-refractivity contribution in [1.82, 2.24) is 19.1 Å². The maximum atomic E-state index is 4.56. The lowest BCUT2D eigenvalue weighted by Gasteiger charge is -2.13. The fraction of sp³-hybridized carbons (Fsp3) is 0.0370. The average molecular weight is 428 g/mol. The third-order valence-electron chi connectivity index (χ3n) is 6.03. The SMILES string of the molecule is C=NC=Nc1c(C)n(-c2cccc(-n3c4ccccc4c4ncncc43)c2)c2ccccc12. The molecule has 0 unspecified atom stereocenters. The summed E-state index contributed by atoms with van der Waals surface area (Å²) in [5, 5.41) is 2.18. The normalized spacial score (nSPS) is 11.8. The summed E-state index contributed by atoms with van der Waals surface area (Å²) >= 11 is 0. The van der Waals surface area contributed by atoms with Gasteiger partial charge in [0.2, 0.25) is 0 Å². The van der Waals surface area contributed by atoms with Crippen LogP contribution in [0.2, 0.25) is 0 Å². The molecule has 3 aromatic carbocycles. The molecular formula is C27H20N6. The van der Waals surface area contributed by atoms with E-state index in [0.29, 0.717) is 0 Å². The summed E-state index contributed by atoms with van der Waals surface area (Å²) in [5.74, 6) is 0. The van der Waals surface area contributed by atoms with E-state index in [4.69, 9.17) is 0 Å². The Balaban J connectivity index is 1.63. The Morgan fingerprint density at radius 1 is 0.818 bits per heavy atom. The number of benzene rings is 3. The molecule has 0 aliphatic heterocycles. The molecule has 0 radical (unpaired) electrons. The van der Waals surface area contributed by atoms with Crippen LogP contribution in [0, 0.1) is 6.92 Å². The van der Waals surface area contributed by atoms with Crippen LogP contribution in [-0.2, 0) is 0 Å². The summed E-state index contributed by atoms with van der Waals surface area (Å²) in [6.07, 6.45) is 4.97. The number of rotatable bonds is 4. The van der Waals surface area contributed by atoms with Crippen LogP contribution in [0.3, 0.4) is 0 Å². The maximum Gasteiger partial charge on any atom is 0.116 e. The molecule has 6 aromatic rings. The van der Waals surface area contributed by atoms with Crippen molar-refractivity contribution in [3.63, 3.8) is 0 Å². The smallest absolute Gasteiger partial charge is 0.116 e. The molecular weight excluding hydrogens is 408 g/mol. The second-order valence-electron chi connectivity index (χ2n) is 7.84. The lowest BCUT2D eigenvalue weighted by atomic mass is 10.2. The second-order valence-corrected chi connectivity index (χ2v) is 7.84. The summed E-state index contributed by atoms with van der Waals surface area (Å²) in [4.78, 5) is 17.2. The number of hydrogen-bond acceptors (Lipinski definition) is 3. The highest BCUT2D eigenvalue weighted by Crippen LogP contribution is 2.36. The van der Waals surface area contributed by atoms with E-state index in [2.05, 4.69) is 97.3 Å². The van der Waals surface area contributed by atoms with Gasteiger partial charge in [-0.3, -0.25) is 4.99 Å². The minimum Gasteiger partial charge on any atom is -0.312 e. The van der Waals surface area contributed by atoms with Gasteiger partial charge in [-0.25, -0.2) is 15.0 Å². The second kappa shape index (κ2) is 7.53. The Labute approximate surface area is 190 Å². The largest absolute Gasteiger partial charge is 0.312 e. The summed E-state index contributed by atoms with van der Waals surface area (Å²) in [5.41, 5.74) is 8.15. The van der Waals surface area contributed by atoms with Crippen LogP contribution in [0.4, 0.5) is 5.69 Å². The minimum atomic E-state index is 0.897. The van der Waals surface area contributed by atoms with Gasteiger partial charge in [0.25, 0.3) is 0 Å². The van der Waals surface area contributed by atoms with Crippen molar-refractivity contribution in [2.75, 3.05) is 0 Å². The molecule has 0 atom stereocenters. The predicted octanol–water partition coefficient (Wildman–Crippen LogP) is 6.19. The van der Waals surface area contributed by atoms with Crippen molar-refractivity contribution < 1.29 is 0 Å². The molecule has 0 N–H and O–H groups in total. The number of aliphatic imine (C=N–C) groups is 2. The Bertz CT molecular complexity index is 1650. The van der Waals surface area contributed by atoms with E-state index < -0.39 is 0 Å². The van der Waals surface area contributed by atoms with E-state index in [9.17, 15) is 0 Å². The molecule has 158 valence electrons. The molecule has 33 heavy (non-hydrogen) atoms. The molecule has 6 rings (SSSR count). The van der Waals surface area contributed by atoms with Crippen molar-refractivity contribution in [1.29, 1.82) is 0 Å². The molecule has 0 amide bonds. The Morgan fingerprint density at radius 2 is 1.52 bits per heavy atom. The van der Waals surface area contributed by atoms with Crippen molar-refractivity contribution >= 4 is 51.6 Å². The lowest BCUT2D eigenvalue weighted by molar-refractivity contribution is 1.04. The van der Waals surface area contributed by atoms with Gasteiger partial charge >= 0.3 is 0 Å². The summed E-state index contributed by atoms with van der Waals surface area (Å²) in [6, 6.07) is 25.1. The molecule has 3 heterocycles. The molecule has 0 bridgehead atoms. The molecule has 0 spiro atoms. The number of nitrogens with zero attached hydrogens (tertiary/aromatic N) is 6. The molecule has 0 saturated carbocycles. The van der Waals surface area contributed by atoms with Gasteiger partial charge in [0, 0.05) is 27.8 Å². The third-order valence-corrected chi connectivity index (χ3v) is 6.03. The third kappa shape index (κ3) is 2.88. The first-order chi connectivity index (χ1) is 16.3. The van der Waals surface area contributed by atoms with E-state index in [-0.39, 0.29) is 0 Å². The van der Waals surface area contributed by atoms with Crippen LogP contribution in [0.5, 0.6) is 0 Å². The molecule has 3 aromatic heterocycles. The molecule has 0 fully saturated rings. The van der Waals surface area contributed by atoms with Gasteiger partial charge in [0.15, 0.2) is 0 Å². The number of aromatic nitrogens is 4. The minimum absolute atomic E-state index is 0.897. The lowest BCUT2D eigenvalue weighted by Crippen LogP contribution is -2.00. The van der Waals surface area contributed by atoms with E-state index >= 15 is 0 Å². The molecule has 6 heteroatoms. The fourth-order valence-corrected chi connectivity index (χ4v) is 4.69. The van der Waals surface area contributed by atoms with Crippen molar-refractivity contribution in [2.24, 2.45) is 9.98 Å². The van der Waals surface area contributed by atoms with Crippen molar-refractivity contribution in [2.45, 2.75) is 6.92 Å². The fourth-order valence-electron chi connectivity index (χ4n) is 4.69. The van der Waals surface area contributed by atoms with Gasteiger partial charge in [0.05, 0.1) is 34.0 Å². The standard InChI is InChI=1S/C27H20N6/c1-18-26(30-16-28-2)21-10-3-5-12-23(21)32(18)19-8-7-9-20(14-19)33-24-13-6-4-11-22(24)27-25(33)15-29-17-31-27/h3-17H,2H2,1H3. The molecule has 6 nitrogen and oxygen atoms in total. The van der Waals surface area contributed by atoms with Crippen LogP contribution < -0.4 is 0 Å². The Hall–Kier alpha value is -4.58. The van der Waals surface area contributed by atoms with Crippen LogP contribution in [-0.4, -0.2) is 32.2 Å². The Kier molecular flexibility index (Phi) is 4.36. The van der Waals surface area contributed by atoms with Crippen molar-refractivity contribution in [3.05, 3.63) is 91.0 Å². The van der Waals surface area contributed by atoms with Crippen LogP contribution in [0.1, 0.15) is 5.69 Å².